The summed E-state index contributed by atoms with van der Waals surface area (Å²) in [7, 11) is 3.56. The molecular weight excluding hydrogens is 469 g/mol. The van der Waals surface area contributed by atoms with Crippen molar-refractivity contribution in [3.05, 3.63) is 29.8 Å². The molecule has 1 unspecified atom stereocenters. The summed E-state index contributed by atoms with van der Waals surface area (Å²) in [5.74, 6) is 1.85. The van der Waals surface area contributed by atoms with E-state index in [1.165, 1.54) is 5.56 Å². The monoisotopic (exact) mass is 505 g/mol. The second-order valence-corrected chi connectivity index (χ2v) is 7.08. The third-order valence-electron chi connectivity index (χ3n) is 4.67. The number of halogens is 1. The molecule has 28 heavy (non-hydrogen) atoms. The van der Waals surface area contributed by atoms with E-state index in [2.05, 4.69) is 41.2 Å². The number of benzene rings is 1. The number of aryl methyl sites for hydroxylation is 1. The van der Waals surface area contributed by atoms with E-state index in [4.69, 9.17) is 14.2 Å². The highest BCUT2D eigenvalue weighted by Crippen LogP contribution is 2.15. The van der Waals surface area contributed by atoms with Crippen LogP contribution >= 0.6 is 24.0 Å². The average molecular weight is 505 g/mol. The second-order valence-electron chi connectivity index (χ2n) is 7.08. The summed E-state index contributed by atoms with van der Waals surface area (Å²) in [5, 5.41) is 3.44. The van der Waals surface area contributed by atoms with Crippen LogP contribution in [-0.2, 0) is 9.47 Å². The van der Waals surface area contributed by atoms with E-state index < -0.39 is 0 Å². The zero-order chi connectivity index (χ0) is 19.5. The van der Waals surface area contributed by atoms with Gasteiger partial charge in [0.1, 0.15) is 11.9 Å². The number of nitrogens with one attached hydrogen (secondary N) is 1. The molecule has 1 aromatic carbocycles. The summed E-state index contributed by atoms with van der Waals surface area (Å²) in [6.45, 7) is 8.32. The highest BCUT2D eigenvalue weighted by atomic mass is 127. The standard InChI is InChI=1S/C21H35N3O3.HI/c1-17-7-5-8-20(15-17)27-18(2)16-23-21(22-3)24-11-9-19(10-12-24)26-14-6-13-25-4;/h5,7-8,15,18-19H,6,9-14,16H2,1-4H3,(H,22,23);1H. The van der Waals surface area contributed by atoms with Gasteiger partial charge >= 0.3 is 0 Å². The fraction of sp³-hybridized carbons (Fsp3) is 0.667. The Hall–Kier alpha value is -1.06. The van der Waals surface area contributed by atoms with Crippen LogP contribution in [0.5, 0.6) is 5.75 Å². The normalized spacial score (nSPS) is 16.4. The van der Waals surface area contributed by atoms with Crippen LogP contribution in [-0.4, -0.2) is 70.1 Å². The maximum absolute atomic E-state index is 5.99. The minimum Gasteiger partial charge on any atom is -0.489 e. The van der Waals surface area contributed by atoms with Crippen LogP contribution < -0.4 is 10.1 Å². The molecular formula is C21H36IN3O3. The minimum absolute atomic E-state index is 0. The van der Waals surface area contributed by atoms with E-state index in [1.807, 2.05) is 19.2 Å². The van der Waals surface area contributed by atoms with E-state index in [0.29, 0.717) is 12.6 Å². The number of nitrogens with zero attached hydrogens (tertiary/aromatic N) is 2. The lowest BCUT2D eigenvalue weighted by Gasteiger charge is -2.34. The molecule has 2 rings (SSSR count). The Kier molecular flexibility index (Phi) is 12.5. The lowest BCUT2D eigenvalue weighted by molar-refractivity contribution is 0.00984. The SMILES string of the molecule is CN=C(NCC(C)Oc1cccc(C)c1)N1CCC(OCCCOC)CC1.I. The lowest BCUT2D eigenvalue weighted by Crippen LogP contribution is -2.48. The number of hydrogen-bond donors (Lipinski definition) is 1. The van der Waals surface area contributed by atoms with Gasteiger partial charge < -0.3 is 24.4 Å². The predicted octanol–water partition coefficient (Wildman–Crippen LogP) is 3.47. The molecule has 0 spiro atoms. The molecule has 0 radical (unpaired) electrons. The fourth-order valence-corrected chi connectivity index (χ4v) is 3.22. The Morgan fingerprint density at radius 1 is 1.29 bits per heavy atom. The highest BCUT2D eigenvalue weighted by Gasteiger charge is 2.22. The molecule has 7 heteroatoms. The largest absolute Gasteiger partial charge is 0.489 e. The van der Waals surface area contributed by atoms with Gasteiger partial charge in [0.25, 0.3) is 0 Å². The molecule has 1 heterocycles. The summed E-state index contributed by atoms with van der Waals surface area (Å²) in [6.07, 6.45) is 3.43. The van der Waals surface area contributed by atoms with Crippen LogP contribution in [0.2, 0.25) is 0 Å². The lowest BCUT2D eigenvalue weighted by atomic mass is 10.1. The van der Waals surface area contributed by atoms with E-state index >= 15 is 0 Å². The Morgan fingerprint density at radius 3 is 2.68 bits per heavy atom. The quantitative estimate of drug-likeness (QED) is 0.241. The molecule has 1 aliphatic rings. The van der Waals surface area contributed by atoms with Gasteiger partial charge in [-0.05, 0) is 50.8 Å². The van der Waals surface area contributed by atoms with Crippen molar-refractivity contribution in [1.82, 2.24) is 10.2 Å². The predicted molar refractivity (Wildman–Crippen MR) is 125 cm³/mol. The third kappa shape index (κ3) is 8.96. The molecule has 0 aromatic heterocycles. The van der Waals surface area contributed by atoms with Crippen LogP contribution in [0, 0.1) is 6.92 Å². The van der Waals surface area contributed by atoms with Gasteiger partial charge in [0.05, 0.1) is 12.6 Å². The van der Waals surface area contributed by atoms with E-state index in [-0.39, 0.29) is 30.1 Å². The summed E-state index contributed by atoms with van der Waals surface area (Å²) in [6, 6.07) is 8.15. The van der Waals surface area contributed by atoms with Crippen LogP contribution in [0.25, 0.3) is 0 Å². The number of aliphatic imine (C=N–C) groups is 1. The van der Waals surface area contributed by atoms with Gasteiger partial charge in [0, 0.05) is 40.5 Å². The first-order valence-electron chi connectivity index (χ1n) is 9.92. The molecule has 1 saturated heterocycles. The van der Waals surface area contributed by atoms with Gasteiger partial charge in [0.2, 0.25) is 0 Å². The number of methoxy groups -OCH3 is 1. The number of likely N-dealkylation sites (tertiary alicyclic amines) is 1. The number of piperidine rings is 1. The molecule has 1 N–H and O–H groups in total. The van der Waals surface area contributed by atoms with Crippen molar-refractivity contribution in [2.45, 2.75) is 45.3 Å². The van der Waals surface area contributed by atoms with Crippen molar-refractivity contribution < 1.29 is 14.2 Å². The third-order valence-corrected chi connectivity index (χ3v) is 4.67. The Bertz CT molecular complexity index is 578. The molecule has 0 amide bonds. The van der Waals surface area contributed by atoms with Crippen molar-refractivity contribution in [3.63, 3.8) is 0 Å². The molecule has 0 bridgehead atoms. The smallest absolute Gasteiger partial charge is 0.193 e. The first kappa shape index (κ1) is 25.0. The fourth-order valence-electron chi connectivity index (χ4n) is 3.22. The van der Waals surface area contributed by atoms with E-state index in [1.54, 1.807) is 7.11 Å². The van der Waals surface area contributed by atoms with Gasteiger partial charge in [-0.2, -0.15) is 0 Å². The first-order valence-corrected chi connectivity index (χ1v) is 9.92. The van der Waals surface area contributed by atoms with Crippen LogP contribution in [0.3, 0.4) is 0 Å². The first-order chi connectivity index (χ1) is 13.1. The molecule has 1 fully saturated rings. The summed E-state index contributed by atoms with van der Waals surface area (Å²) in [4.78, 5) is 6.73. The summed E-state index contributed by atoms with van der Waals surface area (Å²) in [5.41, 5.74) is 1.20. The average Bonchev–Trinajstić information content (AvgIpc) is 2.67. The Morgan fingerprint density at radius 2 is 2.04 bits per heavy atom. The maximum atomic E-state index is 5.99. The zero-order valence-electron chi connectivity index (χ0n) is 17.6. The molecule has 0 saturated carbocycles. The van der Waals surface area contributed by atoms with Crippen LogP contribution in [0.1, 0.15) is 31.7 Å². The Balaban J connectivity index is 0.00000392. The van der Waals surface area contributed by atoms with Gasteiger partial charge in [-0.15, -0.1) is 24.0 Å². The summed E-state index contributed by atoms with van der Waals surface area (Å²) >= 11 is 0. The molecule has 0 aliphatic carbocycles. The number of ether oxygens (including phenoxy) is 3. The molecule has 160 valence electrons. The molecule has 1 aliphatic heterocycles. The van der Waals surface area contributed by atoms with Crippen molar-refractivity contribution in [2.75, 3.05) is 47.0 Å². The van der Waals surface area contributed by atoms with Gasteiger partial charge in [-0.3, -0.25) is 4.99 Å². The summed E-state index contributed by atoms with van der Waals surface area (Å²) < 4.78 is 17.0. The number of guanidine groups is 1. The Labute approximate surface area is 187 Å². The molecule has 1 atom stereocenters. The highest BCUT2D eigenvalue weighted by molar-refractivity contribution is 14.0. The number of hydrogen-bond acceptors (Lipinski definition) is 4. The van der Waals surface area contributed by atoms with Gasteiger partial charge in [0.15, 0.2) is 5.96 Å². The molecule has 1 aromatic rings. The number of rotatable bonds is 9. The van der Waals surface area contributed by atoms with Crippen molar-refractivity contribution in [1.29, 1.82) is 0 Å². The van der Waals surface area contributed by atoms with E-state index in [9.17, 15) is 0 Å². The van der Waals surface area contributed by atoms with Gasteiger partial charge in [-0.25, -0.2) is 0 Å². The van der Waals surface area contributed by atoms with Crippen LogP contribution in [0.15, 0.2) is 29.3 Å². The van der Waals surface area contributed by atoms with E-state index in [0.717, 1.165) is 57.3 Å². The van der Waals surface area contributed by atoms with Gasteiger partial charge in [-0.1, -0.05) is 12.1 Å². The van der Waals surface area contributed by atoms with Crippen molar-refractivity contribution >= 4 is 29.9 Å². The van der Waals surface area contributed by atoms with Crippen molar-refractivity contribution in [3.8, 4) is 5.75 Å². The minimum atomic E-state index is 0. The second kappa shape index (κ2) is 14.0. The molecule has 6 nitrogen and oxygen atoms in total. The zero-order valence-corrected chi connectivity index (χ0v) is 20.0. The topological polar surface area (TPSA) is 55.3 Å². The van der Waals surface area contributed by atoms with Crippen LogP contribution in [0.4, 0.5) is 0 Å². The maximum Gasteiger partial charge on any atom is 0.193 e. The van der Waals surface area contributed by atoms with Crippen molar-refractivity contribution in [2.24, 2.45) is 4.99 Å².